The SMILES string of the molecule is Cc1cccc(Cn2cc(Cl)c(NC(=O)C(C)n3ccc(C(=O)O)n3)n2)c1. The molecule has 1 aromatic carbocycles. The minimum Gasteiger partial charge on any atom is -0.476 e. The molecule has 2 N–H and O–H groups in total. The zero-order chi connectivity index (χ0) is 19.6. The molecule has 0 fully saturated rings. The van der Waals surface area contributed by atoms with Crippen LogP contribution in [0, 0.1) is 6.92 Å². The molecule has 140 valence electrons. The van der Waals surface area contributed by atoms with Crippen molar-refractivity contribution in [3.8, 4) is 0 Å². The van der Waals surface area contributed by atoms with E-state index in [9.17, 15) is 9.59 Å². The zero-order valence-corrected chi connectivity index (χ0v) is 15.5. The van der Waals surface area contributed by atoms with Crippen LogP contribution in [0.5, 0.6) is 0 Å². The lowest BCUT2D eigenvalue weighted by Crippen LogP contribution is -2.24. The van der Waals surface area contributed by atoms with Crippen molar-refractivity contribution in [1.82, 2.24) is 19.6 Å². The summed E-state index contributed by atoms with van der Waals surface area (Å²) in [5.74, 6) is -1.32. The molecular formula is C18H18ClN5O3. The van der Waals surface area contributed by atoms with E-state index in [1.807, 2.05) is 31.2 Å². The third-order valence-electron chi connectivity index (χ3n) is 3.99. The number of anilines is 1. The zero-order valence-electron chi connectivity index (χ0n) is 14.8. The van der Waals surface area contributed by atoms with Gasteiger partial charge in [-0.05, 0) is 25.5 Å². The number of hydrogen-bond acceptors (Lipinski definition) is 4. The highest BCUT2D eigenvalue weighted by molar-refractivity contribution is 6.33. The second-order valence-corrected chi connectivity index (χ2v) is 6.57. The van der Waals surface area contributed by atoms with E-state index in [1.54, 1.807) is 17.8 Å². The molecule has 0 bridgehead atoms. The Balaban J connectivity index is 1.70. The second-order valence-electron chi connectivity index (χ2n) is 6.16. The van der Waals surface area contributed by atoms with Crippen LogP contribution in [0.25, 0.3) is 0 Å². The molecule has 2 aromatic heterocycles. The predicted octanol–water partition coefficient (Wildman–Crippen LogP) is 2.99. The van der Waals surface area contributed by atoms with Gasteiger partial charge in [-0.2, -0.15) is 10.2 Å². The Morgan fingerprint density at radius 3 is 2.74 bits per heavy atom. The number of aromatic carboxylic acids is 1. The first-order valence-corrected chi connectivity index (χ1v) is 8.59. The van der Waals surface area contributed by atoms with Crippen LogP contribution in [0.15, 0.2) is 42.7 Å². The van der Waals surface area contributed by atoms with Gasteiger partial charge in [0.2, 0.25) is 5.91 Å². The molecule has 3 aromatic rings. The topological polar surface area (TPSA) is 102 Å². The fraction of sp³-hybridized carbons (Fsp3) is 0.222. The van der Waals surface area contributed by atoms with Gasteiger partial charge in [0.1, 0.15) is 11.1 Å². The number of aryl methyl sites for hydroxylation is 1. The van der Waals surface area contributed by atoms with Gasteiger partial charge < -0.3 is 10.4 Å². The minimum atomic E-state index is -1.15. The lowest BCUT2D eigenvalue weighted by atomic mass is 10.1. The molecule has 9 heteroatoms. The molecule has 0 saturated carbocycles. The fourth-order valence-electron chi connectivity index (χ4n) is 2.57. The van der Waals surface area contributed by atoms with Crippen molar-refractivity contribution in [2.24, 2.45) is 0 Å². The smallest absolute Gasteiger partial charge is 0.356 e. The highest BCUT2D eigenvalue weighted by Gasteiger charge is 2.20. The molecule has 0 spiro atoms. The van der Waals surface area contributed by atoms with Gasteiger partial charge in [0.05, 0.1) is 6.54 Å². The monoisotopic (exact) mass is 387 g/mol. The van der Waals surface area contributed by atoms with Gasteiger partial charge in [-0.1, -0.05) is 41.4 Å². The van der Waals surface area contributed by atoms with Crippen molar-refractivity contribution in [2.45, 2.75) is 26.4 Å². The molecule has 1 unspecified atom stereocenters. The van der Waals surface area contributed by atoms with Gasteiger partial charge in [0, 0.05) is 12.4 Å². The summed E-state index contributed by atoms with van der Waals surface area (Å²) >= 11 is 6.18. The summed E-state index contributed by atoms with van der Waals surface area (Å²) in [6.07, 6.45) is 3.08. The summed E-state index contributed by atoms with van der Waals surface area (Å²) in [7, 11) is 0. The summed E-state index contributed by atoms with van der Waals surface area (Å²) in [6, 6.07) is 8.62. The molecule has 1 amide bonds. The quantitative estimate of drug-likeness (QED) is 0.677. The van der Waals surface area contributed by atoms with E-state index in [4.69, 9.17) is 16.7 Å². The number of benzene rings is 1. The molecule has 0 aliphatic rings. The van der Waals surface area contributed by atoms with Crippen molar-refractivity contribution in [1.29, 1.82) is 0 Å². The number of carbonyl (C=O) groups excluding carboxylic acids is 1. The Bertz CT molecular complexity index is 995. The number of halogens is 1. The van der Waals surface area contributed by atoms with Gasteiger partial charge in [-0.15, -0.1) is 0 Å². The minimum absolute atomic E-state index is 0.130. The fourth-order valence-corrected chi connectivity index (χ4v) is 2.77. The third kappa shape index (κ3) is 4.35. The molecule has 0 saturated heterocycles. The molecule has 8 nitrogen and oxygen atoms in total. The maximum absolute atomic E-state index is 12.4. The Morgan fingerprint density at radius 2 is 2.07 bits per heavy atom. The summed E-state index contributed by atoms with van der Waals surface area (Å²) in [5, 5.41) is 20.1. The van der Waals surface area contributed by atoms with Gasteiger partial charge in [-0.3, -0.25) is 14.2 Å². The number of nitrogens with one attached hydrogen (secondary N) is 1. The van der Waals surface area contributed by atoms with Crippen molar-refractivity contribution >= 4 is 29.3 Å². The van der Waals surface area contributed by atoms with Gasteiger partial charge in [0.15, 0.2) is 11.5 Å². The highest BCUT2D eigenvalue weighted by atomic mass is 35.5. The molecule has 0 radical (unpaired) electrons. The molecule has 3 rings (SSSR count). The van der Waals surface area contributed by atoms with Crippen LogP contribution in [0.1, 0.15) is 34.6 Å². The van der Waals surface area contributed by atoms with Gasteiger partial charge >= 0.3 is 5.97 Å². The Labute approximate surface area is 160 Å². The molecule has 2 heterocycles. The van der Waals surface area contributed by atoms with Crippen LogP contribution >= 0.6 is 11.6 Å². The average Bonchev–Trinajstić information content (AvgIpc) is 3.22. The van der Waals surface area contributed by atoms with Crippen LogP contribution in [0.2, 0.25) is 5.02 Å². The number of nitrogens with zero attached hydrogens (tertiary/aromatic N) is 4. The first kappa shape index (κ1) is 18.7. The standard InChI is InChI=1S/C18H18ClN5O3/c1-11-4-3-5-13(8-11)9-23-10-14(19)16(22-23)20-17(25)12(2)24-7-6-15(21-24)18(26)27/h3-8,10,12H,9H2,1-2H3,(H,26,27)(H,20,22,25). The maximum Gasteiger partial charge on any atom is 0.356 e. The Kier molecular flexibility index (Phi) is 5.27. The molecule has 1 atom stereocenters. The first-order chi connectivity index (χ1) is 12.8. The van der Waals surface area contributed by atoms with E-state index < -0.39 is 17.9 Å². The lowest BCUT2D eigenvalue weighted by Gasteiger charge is -2.11. The number of carboxylic acid groups (broad SMARTS) is 1. The second kappa shape index (κ2) is 7.63. The molecule has 0 aliphatic carbocycles. The highest BCUT2D eigenvalue weighted by Crippen LogP contribution is 2.21. The average molecular weight is 388 g/mol. The van der Waals surface area contributed by atoms with Crippen molar-refractivity contribution in [2.75, 3.05) is 5.32 Å². The third-order valence-corrected chi connectivity index (χ3v) is 4.27. The van der Waals surface area contributed by atoms with Crippen LogP contribution in [0.3, 0.4) is 0 Å². The van der Waals surface area contributed by atoms with E-state index >= 15 is 0 Å². The van der Waals surface area contributed by atoms with Crippen LogP contribution in [-0.4, -0.2) is 36.5 Å². The van der Waals surface area contributed by atoms with Crippen LogP contribution in [-0.2, 0) is 11.3 Å². The van der Waals surface area contributed by atoms with E-state index in [-0.39, 0.29) is 11.5 Å². The number of aromatic nitrogens is 4. The summed E-state index contributed by atoms with van der Waals surface area (Å²) < 4.78 is 2.92. The summed E-state index contributed by atoms with van der Waals surface area (Å²) in [4.78, 5) is 23.3. The number of rotatable bonds is 6. The normalized spacial score (nSPS) is 12.0. The van der Waals surface area contributed by atoms with Gasteiger partial charge in [0.25, 0.3) is 0 Å². The molecular weight excluding hydrogens is 370 g/mol. The summed E-state index contributed by atoms with van der Waals surface area (Å²) in [6.45, 7) is 4.14. The first-order valence-electron chi connectivity index (χ1n) is 8.21. The Morgan fingerprint density at radius 1 is 1.30 bits per heavy atom. The van der Waals surface area contributed by atoms with Crippen molar-refractivity contribution in [3.63, 3.8) is 0 Å². The van der Waals surface area contributed by atoms with Crippen molar-refractivity contribution in [3.05, 3.63) is 64.6 Å². The summed E-state index contributed by atoms with van der Waals surface area (Å²) in [5.41, 5.74) is 2.08. The number of hydrogen-bond donors (Lipinski definition) is 2. The molecule has 0 aliphatic heterocycles. The maximum atomic E-state index is 12.4. The van der Waals surface area contributed by atoms with E-state index in [0.717, 1.165) is 11.1 Å². The van der Waals surface area contributed by atoms with Crippen molar-refractivity contribution < 1.29 is 14.7 Å². The Hall–Kier alpha value is -3.13. The number of carbonyl (C=O) groups is 2. The van der Waals surface area contributed by atoms with Crippen LogP contribution < -0.4 is 5.32 Å². The molecule has 27 heavy (non-hydrogen) atoms. The largest absolute Gasteiger partial charge is 0.476 e. The van der Waals surface area contributed by atoms with E-state index in [1.165, 1.54) is 16.9 Å². The predicted molar refractivity (Wildman–Crippen MR) is 100 cm³/mol. The van der Waals surface area contributed by atoms with E-state index in [0.29, 0.717) is 11.6 Å². The van der Waals surface area contributed by atoms with Crippen LogP contribution in [0.4, 0.5) is 5.82 Å². The number of amides is 1. The lowest BCUT2D eigenvalue weighted by molar-refractivity contribution is -0.119. The number of carboxylic acids is 1. The van der Waals surface area contributed by atoms with Gasteiger partial charge in [-0.25, -0.2) is 4.79 Å². The van der Waals surface area contributed by atoms with E-state index in [2.05, 4.69) is 15.5 Å².